The molecule has 3 rings (SSSR count). The largest absolute Gasteiger partial charge is 0.418 e. The van der Waals surface area contributed by atoms with Gasteiger partial charge >= 0.3 is 6.18 Å². The number of nitrogens with zero attached hydrogens (tertiary/aromatic N) is 2. The number of amides is 2. The zero-order chi connectivity index (χ0) is 24.6. The van der Waals surface area contributed by atoms with Crippen molar-refractivity contribution in [1.29, 1.82) is 0 Å². The Morgan fingerprint density at radius 3 is 2.45 bits per heavy atom. The van der Waals surface area contributed by atoms with E-state index in [0.29, 0.717) is 17.7 Å². The summed E-state index contributed by atoms with van der Waals surface area (Å²) in [5, 5.41) is 2.16. The second kappa shape index (κ2) is 9.14. The fourth-order valence-corrected chi connectivity index (χ4v) is 5.41. The van der Waals surface area contributed by atoms with E-state index in [0.717, 1.165) is 16.4 Å². The van der Waals surface area contributed by atoms with E-state index >= 15 is 0 Å². The highest BCUT2D eigenvalue weighted by molar-refractivity contribution is 7.89. The van der Waals surface area contributed by atoms with Gasteiger partial charge in [0.1, 0.15) is 0 Å². The number of carbonyl (C=O) groups is 2. The molecule has 0 spiro atoms. The Balaban J connectivity index is 1.82. The van der Waals surface area contributed by atoms with Gasteiger partial charge in [-0.3, -0.25) is 9.59 Å². The van der Waals surface area contributed by atoms with Crippen molar-refractivity contribution in [2.75, 3.05) is 23.3 Å². The highest BCUT2D eigenvalue weighted by Crippen LogP contribution is 2.35. The molecule has 1 atom stereocenters. The highest BCUT2D eigenvalue weighted by atomic mass is 32.2. The molecule has 1 aliphatic heterocycles. The fourth-order valence-electron chi connectivity index (χ4n) is 3.95. The Hall–Kier alpha value is -2.92. The van der Waals surface area contributed by atoms with Crippen molar-refractivity contribution in [1.82, 2.24) is 4.31 Å². The van der Waals surface area contributed by atoms with Crippen LogP contribution in [0.3, 0.4) is 0 Å². The third-order valence-electron chi connectivity index (χ3n) is 5.42. The molecule has 2 aromatic rings. The van der Waals surface area contributed by atoms with Gasteiger partial charge in [-0.15, -0.1) is 0 Å². The van der Waals surface area contributed by atoms with Crippen LogP contribution in [0.4, 0.5) is 24.5 Å². The second-order valence-corrected chi connectivity index (χ2v) is 9.69. The summed E-state index contributed by atoms with van der Waals surface area (Å²) < 4.78 is 66.7. The molecule has 0 aromatic heterocycles. The zero-order valence-electron chi connectivity index (χ0n) is 18.3. The lowest BCUT2D eigenvalue weighted by Crippen LogP contribution is -2.38. The minimum atomic E-state index is -4.67. The molecule has 1 heterocycles. The average molecular weight is 484 g/mol. The third kappa shape index (κ3) is 5.03. The lowest BCUT2D eigenvalue weighted by atomic mass is 10.1. The van der Waals surface area contributed by atoms with Crippen LogP contribution in [0.15, 0.2) is 47.4 Å². The van der Waals surface area contributed by atoms with E-state index in [9.17, 15) is 31.2 Å². The normalized spacial score (nSPS) is 16.1. The van der Waals surface area contributed by atoms with Gasteiger partial charge in [0.2, 0.25) is 21.8 Å². The first-order valence-electron chi connectivity index (χ1n) is 10.2. The molecule has 0 saturated carbocycles. The molecular weight excluding hydrogens is 459 g/mol. The van der Waals surface area contributed by atoms with Crippen molar-refractivity contribution in [3.8, 4) is 0 Å². The molecule has 0 bridgehead atoms. The van der Waals surface area contributed by atoms with Crippen LogP contribution in [0, 0.1) is 0 Å². The first kappa shape index (κ1) is 24.7. The number of anilines is 2. The summed E-state index contributed by atoms with van der Waals surface area (Å²) in [4.78, 5) is 25.9. The van der Waals surface area contributed by atoms with E-state index in [2.05, 4.69) is 5.32 Å². The number of fused-ring (bicyclic) bond motifs is 1. The summed E-state index contributed by atoms with van der Waals surface area (Å²) >= 11 is 0. The minimum absolute atomic E-state index is 0.0517. The quantitative estimate of drug-likeness (QED) is 0.680. The molecule has 2 aromatic carbocycles. The first-order valence-corrected chi connectivity index (χ1v) is 11.7. The Bertz CT molecular complexity index is 1180. The third-order valence-corrected chi connectivity index (χ3v) is 7.34. The second-order valence-electron chi connectivity index (χ2n) is 7.76. The molecule has 0 radical (unpaired) electrons. The maximum atomic E-state index is 13.2. The molecule has 7 nitrogen and oxygen atoms in total. The number of benzene rings is 2. The molecular formula is C22H24F3N3O4S. The van der Waals surface area contributed by atoms with E-state index in [-0.39, 0.29) is 23.4 Å². The smallest absolute Gasteiger partial charge is 0.324 e. The van der Waals surface area contributed by atoms with E-state index in [1.807, 2.05) is 6.92 Å². The van der Waals surface area contributed by atoms with Crippen LogP contribution >= 0.6 is 0 Å². The van der Waals surface area contributed by atoms with Gasteiger partial charge in [0.05, 0.1) is 22.7 Å². The molecule has 33 heavy (non-hydrogen) atoms. The minimum Gasteiger partial charge on any atom is -0.324 e. The topological polar surface area (TPSA) is 86.8 Å². The summed E-state index contributed by atoms with van der Waals surface area (Å²) in [6.07, 6.45) is -4.19. The zero-order valence-corrected chi connectivity index (χ0v) is 19.1. The van der Waals surface area contributed by atoms with E-state index < -0.39 is 39.9 Å². The molecule has 1 aliphatic rings. The number of hydrogen-bond acceptors (Lipinski definition) is 4. The maximum absolute atomic E-state index is 13.2. The fraction of sp³-hybridized carbons (Fsp3) is 0.364. The lowest BCUT2D eigenvalue weighted by molar-refractivity contribution is -0.137. The van der Waals surface area contributed by atoms with Crippen molar-refractivity contribution in [3.05, 3.63) is 53.6 Å². The Kier molecular flexibility index (Phi) is 6.85. The first-order chi connectivity index (χ1) is 15.4. The number of para-hydroxylation sites is 1. The van der Waals surface area contributed by atoms with E-state index in [1.54, 1.807) is 11.0 Å². The van der Waals surface area contributed by atoms with E-state index in [1.165, 1.54) is 38.1 Å². The van der Waals surface area contributed by atoms with Gasteiger partial charge in [0.25, 0.3) is 0 Å². The van der Waals surface area contributed by atoms with Crippen LogP contribution in [0.1, 0.15) is 31.9 Å². The van der Waals surface area contributed by atoms with Crippen LogP contribution in [0.25, 0.3) is 0 Å². The summed E-state index contributed by atoms with van der Waals surface area (Å²) in [5.74, 6) is -1.04. The van der Waals surface area contributed by atoms with Gasteiger partial charge in [-0.05, 0) is 49.2 Å². The number of likely N-dealkylation sites (N-methyl/N-ethyl adjacent to an activating group) is 1. The highest BCUT2D eigenvalue weighted by Gasteiger charge is 2.35. The average Bonchev–Trinajstić information content (AvgIpc) is 3.06. The number of alkyl halides is 3. The van der Waals surface area contributed by atoms with Crippen molar-refractivity contribution < 1.29 is 31.2 Å². The van der Waals surface area contributed by atoms with Gasteiger partial charge in [0.15, 0.2) is 0 Å². The van der Waals surface area contributed by atoms with Gasteiger partial charge < -0.3 is 10.2 Å². The van der Waals surface area contributed by atoms with Crippen molar-refractivity contribution in [2.45, 2.75) is 44.3 Å². The Morgan fingerprint density at radius 1 is 1.18 bits per heavy atom. The number of halogens is 3. The summed E-state index contributed by atoms with van der Waals surface area (Å²) in [6, 6.07) is 8.76. The van der Waals surface area contributed by atoms with Crippen LogP contribution < -0.4 is 10.2 Å². The summed E-state index contributed by atoms with van der Waals surface area (Å²) in [6.45, 7) is 4.10. The summed E-state index contributed by atoms with van der Waals surface area (Å²) in [7, 11) is -4.11. The van der Waals surface area contributed by atoms with Crippen LogP contribution in [-0.2, 0) is 32.2 Å². The van der Waals surface area contributed by atoms with Crippen LogP contribution in [0.5, 0.6) is 0 Å². The number of carbonyl (C=O) groups excluding carboxylic acids is 2. The Labute approximate surface area is 190 Å². The number of sulfonamides is 1. The predicted octanol–water partition coefficient (Wildman–Crippen LogP) is 3.65. The molecule has 11 heteroatoms. The molecule has 1 N–H and O–H groups in total. The molecule has 178 valence electrons. The van der Waals surface area contributed by atoms with Gasteiger partial charge in [-0.2, -0.15) is 17.5 Å². The van der Waals surface area contributed by atoms with Crippen LogP contribution in [-0.4, -0.2) is 43.7 Å². The number of hydrogen-bond donors (Lipinski definition) is 1. The van der Waals surface area contributed by atoms with Crippen molar-refractivity contribution in [2.24, 2.45) is 0 Å². The monoisotopic (exact) mass is 483 g/mol. The molecule has 0 fully saturated rings. The van der Waals surface area contributed by atoms with Crippen molar-refractivity contribution in [3.63, 3.8) is 0 Å². The van der Waals surface area contributed by atoms with Crippen LogP contribution in [0.2, 0.25) is 0 Å². The van der Waals surface area contributed by atoms with Gasteiger partial charge in [0, 0.05) is 25.2 Å². The standard InChI is InChI=1S/C22H24F3N3O4S/c1-4-27(13-21(30)26-19-8-6-5-7-18(19)22(23,24)25)33(31,32)17-9-10-20-16(12-17)11-14(2)28(20)15(3)29/h5-10,12,14H,4,11,13H2,1-3H3,(H,26,30). The SMILES string of the molecule is CCN(CC(=O)Nc1ccccc1C(F)(F)F)S(=O)(=O)c1ccc2c(c1)CC(C)N2C(C)=O. The Morgan fingerprint density at radius 2 is 1.85 bits per heavy atom. The predicted molar refractivity (Wildman–Crippen MR) is 117 cm³/mol. The maximum Gasteiger partial charge on any atom is 0.418 e. The van der Waals surface area contributed by atoms with Gasteiger partial charge in [-0.1, -0.05) is 19.1 Å². The summed E-state index contributed by atoms with van der Waals surface area (Å²) in [5.41, 5.74) is -0.136. The lowest BCUT2D eigenvalue weighted by Gasteiger charge is -2.22. The molecule has 0 aliphatic carbocycles. The number of nitrogens with one attached hydrogen (secondary N) is 1. The van der Waals surface area contributed by atoms with Crippen molar-refractivity contribution >= 4 is 33.2 Å². The van der Waals surface area contributed by atoms with Gasteiger partial charge in [-0.25, -0.2) is 8.42 Å². The molecule has 0 saturated heterocycles. The number of rotatable bonds is 6. The van der Waals surface area contributed by atoms with E-state index in [4.69, 9.17) is 0 Å². The molecule has 2 amide bonds. The molecule has 1 unspecified atom stereocenters.